The lowest BCUT2D eigenvalue weighted by Gasteiger charge is -2.39. The van der Waals surface area contributed by atoms with Gasteiger partial charge in [-0.1, -0.05) is 39.7 Å². The standard InChI is InChI=1S/C25H24BrClN4O2/c1-15(2)29-23-10-6-18(12-28-23)24(32)30-22-11-17(5-9-21(22)27)25(33)31-13-19(14-31)16-3-7-20(26)8-4-16/h3-12,15,19H,13-14H2,1-2H3,(H,28,29)(H,30,32). The van der Waals surface area contributed by atoms with Gasteiger partial charge < -0.3 is 15.5 Å². The first-order valence-corrected chi connectivity index (χ1v) is 11.9. The summed E-state index contributed by atoms with van der Waals surface area (Å²) in [5.41, 5.74) is 2.49. The maximum atomic E-state index is 12.9. The fraction of sp³-hybridized carbons (Fsp3) is 0.240. The minimum absolute atomic E-state index is 0.0821. The molecule has 1 saturated heterocycles. The Morgan fingerprint density at radius 3 is 2.39 bits per heavy atom. The number of carbonyl (C=O) groups excluding carboxylic acids is 2. The molecule has 8 heteroatoms. The van der Waals surface area contributed by atoms with E-state index in [0.29, 0.717) is 46.7 Å². The van der Waals surface area contributed by atoms with E-state index >= 15 is 0 Å². The van der Waals surface area contributed by atoms with Crippen molar-refractivity contribution in [3.05, 3.63) is 87.0 Å². The summed E-state index contributed by atoms with van der Waals surface area (Å²) in [5, 5.41) is 6.33. The van der Waals surface area contributed by atoms with E-state index in [1.807, 2.05) is 26.0 Å². The quantitative estimate of drug-likeness (QED) is 0.424. The largest absolute Gasteiger partial charge is 0.368 e. The molecule has 4 rings (SSSR count). The fourth-order valence-electron chi connectivity index (χ4n) is 3.63. The Kier molecular flexibility index (Phi) is 7.00. The van der Waals surface area contributed by atoms with Crippen molar-refractivity contribution >= 4 is 50.9 Å². The average molecular weight is 528 g/mol. The van der Waals surface area contributed by atoms with Gasteiger partial charge in [-0.15, -0.1) is 0 Å². The average Bonchev–Trinajstić information content (AvgIpc) is 2.75. The molecule has 1 aliphatic heterocycles. The second-order valence-electron chi connectivity index (χ2n) is 8.34. The first kappa shape index (κ1) is 23.3. The van der Waals surface area contributed by atoms with Gasteiger partial charge in [0.25, 0.3) is 11.8 Å². The topological polar surface area (TPSA) is 74.3 Å². The molecule has 3 aromatic rings. The Bertz CT molecular complexity index is 1160. The fourth-order valence-corrected chi connectivity index (χ4v) is 4.06. The maximum absolute atomic E-state index is 12.9. The van der Waals surface area contributed by atoms with Crippen molar-refractivity contribution in [1.29, 1.82) is 0 Å². The molecule has 2 N–H and O–H groups in total. The van der Waals surface area contributed by atoms with Crippen LogP contribution in [0.3, 0.4) is 0 Å². The number of hydrogen-bond acceptors (Lipinski definition) is 4. The summed E-state index contributed by atoms with van der Waals surface area (Å²) >= 11 is 9.73. The molecule has 0 unspecified atom stereocenters. The van der Waals surface area contributed by atoms with Crippen LogP contribution in [-0.4, -0.2) is 40.8 Å². The predicted octanol–water partition coefficient (Wildman–Crippen LogP) is 5.81. The monoisotopic (exact) mass is 526 g/mol. The number of carbonyl (C=O) groups is 2. The van der Waals surface area contributed by atoms with Crippen LogP contribution in [0, 0.1) is 0 Å². The van der Waals surface area contributed by atoms with Gasteiger partial charge in [-0.05, 0) is 61.9 Å². The lowest BCUT2D eigenvalue weighted by Crippen LogP contribution is -2.48. The molecule has 0 atom stereocenters. The van der Waals surface area contributed by atoms with Crippen LogP contribution < -0.4 is 10.6 Å². The molecule has 1 aliphatic rings. The molecule has 6 nitrogen and oxygen atoms in total. The van der Waals surface area contributed by atoms with Crippen molar-refractivity contribution in [2.75, 3.05) is 23.7 Å². The highest BCUT2D eigenvalue weighted by Crippen LogP contribution is 2.31. The molecule has 0 bridgehead atoms. The molecule has 0 aliphatic carbocycles. The van der Waals surface area contributed by atoms with Crippen molar-refractivity contribution in [3.63, 3.8) is 0 Å². The summed E-state index contributed by atoms with van der Waals surface area (Å²) in [5.74, 6) is 0.600. The maximum Gasteiger partial charge on any atom is 0.257 e. The molecule has 0 spiro atoms. The number of anilines is 2. The molecular weight excluding hydrogens is 504 g/mol. The van der Waals surface area contributed by atoms with Crippen molar-refractivity contribution in [3.8, 4) is 0 Å². The van der Waals surface area contributed by atoms with Crippen LogP contribution in [-0.2, 0) is 0 Å². The van der Waals surface area contributed by atoms with Crippen LogP contribution in [0.25, 0.3) is 0 Å². The number of nitrogens with one attached hydrogen (secondary N) is 2. The molecule has 2 aromatic carbocycles. The first-order valence-electron chi connectivity index (χ1n) is 10.7. The van der Waals surface area contributed by atoms with E-state index in [2.05, 4.69) is 43.7 Å². The van der Waals surface area contributed by atoms with Gasteiger partial charge in [-0.2, -0.15) is 0 Å². The lowest BCUT2D eigenvalue weighted by molar-refractivity contribution is 0.0602. The third kappa shape index (κ3) is 5.54. The number of hydrogen-bond donors (Lipinski definition) is 2. The highest BCUT2D eigenvalue weighted by molar-refractivity contribution is 9.10. The molecule has 33 heavy (non-hydrogen) atoms. The highest BCUT2D eigenvalue weighted by atomic mass is 79.9. The van der Waals surface area contributed by atoms with Crippen LogP contribution in [0.1, 0.15) is 46.0 Å². The van der Waals surface area contributed by atoms with Crippen LogP contribution in [0.15, 0.2) is 65.3 Å². The minimum Gasteiger partial charge on any atom is -0.368 e. The summed E-state index contributed by atoms with van der Waals surface area (Å²) in [4.78, 5) is 31.7. The Balaban J connectivity index is 1.41. The zero-order valence-corrected chi connectivity index (χ0v) is 20.7. The van der Waals surface area contributed by atoms with Gasteiger partial charge in [-0.25, -0.2) is 4.98 Å². The van der Waals surface area contributed by atoms with Crippen LogP contribution >= 0.6 is 27.5 Å². The van der Waals surface area contributed by atoms with E-state index < -0.39 is 0 Å². The molecule has 1 aromatic heterocycles. The Morgan fingerprint density at radius 2 is 1.76 bits per heavy atom. The van der Waals surface area contributed by atoms with E-state index in [4.69, 9.17) is 11.6 Å². The molecular formula is C25H24BrClN4O2. The van der Waals surface area contributed by atoms with E-state index in [0.717, 1.165) is 4.47 Å². The number of amides is 2. The van der Waals surface area contributed by atoms with Gasteiger partial charge in [0.05, 0.1) is 16.3 Å². The zero-order valence-electron chi connectivity index (χ0n) is 18.3. The third-order valence-corrected chi connectivity index (χ3v) is 6.29. The van der Waals surface area contributed by atoms with Crippen LogP contribution in [0.4, 0.5) is 11.5 Å². The number of pyridine rings is 1. The number of rotatable bonds is 6. The Morgan fingerprint density at radius 1 is 1.06 bits per heavy atom. The van der Waals surface area contributed by atoms with Gasteiger partial charge in [0.2, 0.25) is 0 Å². The molecule has 0 saturated carbocycles. The van der Waals surface area contributed by atoms with E-state index in [1.165, 1.54) is 11.8 Å². The summed E-state index contributed by atoms with van der Waals surface area (Å²) in [6, 6.07) is 16.8. The van der Waals surface area contributed by atoms with Crippen LogP contribution in [0.5, 0.6) is 0 Å². The second-order valence-corrected chi connectivity index (χ2v) is 9.66. The van der Waals surface area contributed by atoms with E-state index in [9.17, 15) is 9.59 Å². The lowest BCUT2D eigenvalue weighted by atomic mass is 9.91. The Hall–Kier alpha value is -2.90. The van der Waals surface area contributed by atoms with Gasteiger partial charge in [0.15, 0.2) is 0 Å². The van der Waals surface area contributed by atoms with Gasteiger partial charge >= 0.3 is 0 Å². The molecule has 0 radical (unpaired) electrons. The van der Waals surface area contributed by atoms with Gasteiger partial charge in [0.1, 0.15) is 5.82 Å². The Labute approximate surface area is 206 Å². The van der Waals surface area contributed by atoms with Crippen molar-refractivity contribution < 1.29 is 9.59 Å². The molecule has 2 amide bonds. The van der Waals surface area contributed by atoms with Crippen molar-refractivity contribution in [2.24, 2.45) is 0 Å². The van der Waals surface area contributed by atoms with E-state index in [1.54, 1.807) is 35.2 Å². The summed E-state index contributed by atoms with van der Waals surface area (Å²) in [6.07, 6.45) is 1.51. The van der Waals surface area contributed by atoms with Crippen molar-refractivity contribution in [2.45, 2.75) is 25.8 Å². The number of aromatic nitrogens is 1. The number of halogens is 2. The summed E-state index contributed by atoms with van der Waals surface area (Å²) in [6.45, 7) is 5.35. The highest BCUT2D eigenvalue weighted by Gasteiger charge is 2.32. The smallest absolute Gasteiger partial charge is 0.257 e. The van der Waals surface area contributed by atoms with Crippen LogP contribution in [0.2, 0.25) is 5.02 Å². The molecule has 1 fully saturated rings. The SMILES string of the molecule is CC(C)Nc1ccc(C(=O)Nc2cc(C(=O)N3CC(c4ccc(Br)cc4)C3)ccc2Cl)cn1. The van der Waals surface area contributed by atoms with E-state index in [-0.39, 0.29) is 17.9 Å². The van der Waals surface area contributed by atoms with Crippen molar-refractivity contribution in [1.82, 2.24) is 9.88 Å². The summed E-state index contributed by atoms with van der Waals surface area (Å²) < 4.78 is 1.04. The molecule has 2 heterocycles. The zero-order chi connectivity index (χ0) is 23.5. The summed E-state index contributed by atoms with van der Waals surface area (Å²) in [7, 11) is 0. The normalized spacial score (nSPS) is 13.5. The number of likely N-dealkylation sites (tertiary alicyclic amines) is 1. The number of nitrogens with zero attached hydrogens (tertiary/aromatic N) is 2. The molecule has 170 valence electrons. The van der Waals surface area contributed by atoms with Gasteiger partial charge in [0, 0.05) is 41.3 Å². The van der Waals surface area contributed by atoms with Gasteiger partial charge in [-0.3, -0.25) is 9.59 Å². The number of benzene rings is 2. The first-order chi connectivity index (χ1) is 15.8. The minimum atomic E-state index is -0.343. The predicted molar refractivity (Wildman–Crippen MR) is 135 cm³/mol. The second kappa shape index (κ2) is 9.93. The third-order valence-electron chi connectivity index (χ3n) is 5.43.